The summed E-state index contributed by atoms with van der Waals surface area (Å²) in [5, 5.41) is 9.89. The summed E-state index contributed by atoms with van der Waals surface area (Å²) < 4.78 is 7.60. The van der Waals surface area contributed by atoms with Crippen molar-refractivity contribution in [3.05, 3.63) is 41.7 Å². The van der Waals surface area contributed by atoms with Crippen molar-refractivity contribution in [3.8, 4) is 5.75 Å². The minimum atomic E-state index is -1.58. The van der Waals surface area contributed by atoms with Crippen LogP contribution in [-0.2, 0) is 16.1 Å². The maximum absolute atomic E-state index is 12.5. The molecule has 0 saturated heterocycles. The summed E-state index contributed by atoms with van der Waals surface area (Å²) in [5.74, 6) is -0.433. The van der Waals surface area contributed by atoms with Crippen molar-refractivity contribution in [2.75, 3.05) is 11.9 Å². The topological polar surface area (TPSA) is 85.3 Å². The van der Waals surface area contributed by atoms with E-state index < -0.39 is 17.4 Å². The molecule has 2 aromatic rings. The van der Waals surface area contributed by atoms with Crippen LogP contribution in [0.2, 0.25) is 0 Å². The Hall–Kier alpha value is -2.83. The van der Waals surface area contributed by atoms with E-state index in [1.54, 1.807) is 24.3 Å². The first-order valence-electron chi connectivity index (χ1n) is 8.29. The Morgan fingerprint density at radius 3 is 2.84 bits per heavy atom. The number of fused-ring (bicyclic) bond motifs is 1. The van der Waals surface area contributed by atoms with Crippen molar-refractivity contribution in [1.82, 2.24) is 15.1 Å². The first kappa shape index (κ1) is 17.0. The van der Waals surface area contributed by atoms with E-state index in [1.165, 1.54) is 6.92 Å². The van der Waals surface area contributed by atoms with Crippen molar-refractivity contribution in [2.24, 2.45) is 0 Å². The summed E-state index contributed by atoms with van der Waals surface area (Å²) in [6.07, 6.45) is 0.710. The van der Waals surface area contributed by atoms with Crippen LogP contribution in [0.1, 0.15) is 24.7 Å². The molecular formula is C18H22N4O3. The van der Waals surface area contributed by atoms with Gasteiger partial charge in [-0.25, -0.2) is 0 Å². The monoisotopic (exact) mass is 342 g/mol. The molecule has 2 amide bonds. The van der Waals surface area contributed by atoms with Crippen LogP contribution in [0.5, 0.6) is 5.75 Å². The molecule has 0 spiro atoms. The minimum absolute atomic E-state index is 0.436. The van der Waals surface area contributed by atoms with E-state index in [1.807, 2.05) is 24.6 Å². The standard InChI is InChI=1S/C18H22N4O3/c1-12-11-13(2)22(21-12)10-6-9-19-16(23)18(3)17(24)20-14-7-4-5-8-15(14)25-18/h4-5,7-8,11H,6,9-10H2,1-3H3,(H,19,23)(H,20,24). The van der Waals surface area contributed by atoms with E-state index >= 15 is 0 Å². The van der Waals surface area contributed by atoms with Gasteiger partial charge >= 0.3 is 0 Å². The molecule has 2 N–H and O–H groups in total. The van der Waals surface area contributed by atoms with E-state index in [4.69, 9.17) is 4.74 Å². The molecule has 25 heavy (non-hydrogen) atoms. The van der Waals surface area contributed by atoms with Crippen molar-refractivity contribution in [1.29, 1.82) is 0 Å². The van der Waals surface area contributed by atoms with Gasteiger partial charge in [0.15, 0.2) is 0 Å². The van der Waals surface area contributed by atoms with Gasteiger partial charge < -0.3 is 15.4 Å². The molecule has 1 atom stereocenters. The number of hydrogen-bond acceptors (Lipinski definition) is 4. The summed E-state index contributed by atoms with van der Waals surface area (Å²) in [6, 6.07) is 9.06. The van der Waals surface area contributed by atoms with Gasteiger partial charge in [0.2, 0.25) is 0 Å². The molecule has 1 aliphatic rings. The Balaban J connectivity index is 1.57. The SMILES string of the molecule is Cc1cc(C)n(CCCNC(=O)C2(C)Oc3ccccc3NC2=O)n1. The predicted octanol–water partition coefficient (Wildman–Crippen LogP) is 1.80. The molecule has 2 heterocycles. The third-order valence-corrected chi connectivity index (χ3v) is 4.25. The number of nitrogens with zero attached hydrogens (tertiary/aromatic N) is 2. The first-order chi connectivity index (χ1) is 11.9. The van der Waals surface area contributed by atoms with Gasteiger partial charge in [0.25, 0.3) is 17.4 Å². The normalized spacial score (nSPS) is 18.9. The second-order valence-corrected chi connectivity index (χ2v) is 6.35. The number of aromatic nitrogens is 2. The molecule has 1 aliphatic heterocycles. The van der Waals surface area contributed by atoms with Crippen LogP contribution in [0.4, 0.5) is 5.69 Å². The highest BCUT2D eigenvalue weighted by atomic mass is 16.5. The molecule has 1 unspecified atom stereocenters. The number of carbonyl (C=O) groups is 2. The maximum Gasteiger partial charge on any atom is 0.278 e. The van der Waals surface area contributed by atoms with Crippen LogP contribution in [0.15, 0.2) is 30.3 Å². The Kier molecular flexibility index (Phi) is 4.48. The fraction of sp³-hybridized carbons (Fsp3) is 0.389. The molecule has 0 aliphatic carbocycles. The molecule has 132 valence electrons. The van der Waals surface area contributed by atoms with Crippen LogP contribution >= 0.6 is 0 Å². The fourth-order valence-corrected chi connectivity index (χ4v) is 2.82. The first-order valence-corrected chi connectivity index (χ1v) is 8.29. The predicted molar refractivity (Wildman–Crippen MR) is 93.4 cm³/mol. The molecular weight excluding hydrogens is 320 g/mol. The number of benzene rings is 1. The zero-order valence-corrected chi connectivity index (χ0v) is 14.6. The van der Waals surface area contributed by atoms with E-state index in [2.05, 4.69) is 15.7 Å². The van der Waals surface area contributed by atoms with E-state index in [0.29, 0.717) is 30.9 Å². The summed E-state index contributed by atoms with van der Waals surface area (Å²) in [5.41, 5.74) is 1.05. The molecule has 7 nitrogen and oxygen atoms in total. The van der Waals surface area contributed by atoms with Crippen molar-refractivity contribution in [2.45, 2.75) is 39.3 Å². The maximum atomic E-state index is 12.5. The Morgan fingerprint density at radius 1 is 1.36 bits per heavy atom. The second kappa shape index (κ2) is 6.58. The fourth-order valence-electron chi connectivity index (χ4n) is 2.82. The van der Waals surface area contributed by atoms with Crippen LogP contribution < -0.4 is 15.4 Å². The molecule has 3 rings (SSSR count). The van der Waals surface area contributed by atoms with Gasteiger partial charge in [-0.2, -0.15) is 5.10 Å². The van der Waals surface area contributed by atoms with Gasteiger partial charge in [-0.15, -0.1) is 0 Å². The Morgan fingerprint density at radius 2 is 2.12 bits per heavy atom. The number of nitrogens with one attached hydrogen (secondary N) is 2. The molecule has 0 bridgehead atoms. The van der Waals surface area contributed by atoms with Gasteiger partial charge in [-0.3, -0.25) is 14.3 Å². The number of rotatable bonds is 5. The summed E-state index contributed by atoms with van der Waals surface area (Å²) in [4.78, 5) is 24.8. The van der Waals surface area contributed by atoms with E-state index in [-0.39, 0.29) is 0 Å². The quantitative estimate of drug-likeness (QED) is 0.641. The molecule has 1 aromatic heterocycles. The molecule has 0 fully saturated rings. The number of para-hydroxylation sites is 2. The largest absolute Gasteiger partial charge is 0.466 e. The molecule has 0 radical (unpaired) electrons. The zero-order chi connectivity index (χ0) is 18.0. The number of ether oxygens (including phenoxy) is 1. The number of anilines is 1. The summed E-state index contributed by atoms with van der Waals surface area (Å²) in [7, 11) is 0. The number of hydrogen-bond donors (Lipinski definition) is 2. The minimum Gasteiger partial charge on any atom is -0.466 e. The smallest absolute Gasteiger partial charge is 0.278 e. The van der Waals surface area contributed by atoms with Crippen molar-refractivity contribution >= 4 is 17.5 Å². The lowest BCUT2D eigenvalue weighted by atomic mass is 10.0. The Labute approximate surface area is 146 Å². The third kappa shape index (κ3) is 3.35. The summed E-state index contributed by atoms with van der Waals surface area (Å²) in [6.45, 7) is 6.56. The average molecular weight is 342 g/mol. The molecule has 1 aromatic carbocycles. The van der Waals surface area contributed by atoms with Gasteiger partial charge in [0, 0.05) is 18.8 Å². The number of aryl methyl sites for hydroxylation is 3. The van der Waals surface area contributed by atoms with Crippen molar-refractivity contribution in [3.63, 3.8) is 0 Å². The van der Waals surface area contributed by atoms with E-state index in [9.17, 15) is 9.59 Å². The lowest BCUT2D eigenvalue weighted by molar-refractivity contribution is -0.146. The van der Waals surface area contributed by atoms with Crippen LogP contribution in [0.3, 0.4) is 0 Å². The molecule has 0 saturated carbocycles. The average Bonchev–Trinajstić information content (AvgIpc) is 2.90. The van der Waals surface area contributed by atoms with Crippen molar-refractivity contribution < 1.29 is 14.3 Å². The van der Waals surface area contributed by atoms with Crippen LogP contribution in [0.25, 0.3) is 0 Å². The lowest BCUT2D eigenvalue weighted by Crippen LogP contribution is -2.58. The highest BCUT2D eigenvalue weighted by Crippen LogP contribution is 2.33. The molecule has 7 heteroatoms. The zero-order valence-electron chi connectivity index (χ0n) is 14.6. The van der Waals surface area contributed by atoms with E-state index in [0.717, 1.165) is 11.4 Å². The second-order valence-electron chi connectivity index (χ2n) is 6.35. The Bertz CT molecular complexity index is 814. The number of carbonyl (C=O) groups excluding carboxylic acids is 2. The van der Waals surface area contributed by atoms with Gasteiger partial charge in [0.1, 0.15) is 5.75 Å². The lowest BCUT2D eigenvalue weighted by Gasteiger charge is -2.33. The highest BCUT2D eigenvalue weighted by molar-refractivity contribution is 6.15. The van der Waals surface area contributed by atoms with Crippen LogP contribution in [0, 0.1) is 13.8 Å². The highest BCUT2D eigenvalue weighted by Gasteiger charge is 2.46. The van der Waals surface area contributed by atoms with Gasteiger partial charge in [0.05, 0.1) is 11.4 Å². The van der Waals surface area contributed by atoms with Gasteiger partial charge in [-0.1, -0.05) is 12.1 Å². The third-order valence-electron chi connectivity index (χ3n) is 4.25. The number of amides is 2. The summed E-state index contributed by atoms with van der Waals surface area (Å²) >= 11 is 0. The van der Waals surface area contributed by atoms with Crippen LogP contribution in [-0.4, -0.2) is 33.7 Å². The van der Waals surface area contributed by atoms with Gasteiger partial charge in [-0.05, 0) is 45.4 Å².